The number of sulfonamides is 1. The Bertz CT molecular complexity index is 1790. The maximum atomic E-state index is 13.8. The Balaban J connectivity index is 1.34. The summed E-state index contributed by atoms with van der Waals surface area (Å²) in [7, 11) is -3.99. The Hall–Kier alpha value is -4.74. The number of hydrogen-bond donors (Lipinski definition) is 1. The van der Waals surface area contributed by atoms with Crippen molar-refractivity contribution in [2.24, 2.45) is 0 Å². The number of nitrogens with zero attached hydrogens (tertiary/aromatic N) is 1. The van der Waals surface area contributed by atoms with E-state index in [4.69, 9.17) is 14.2 Å². The van der Waals surface area contributed by atoms with E-state index in [0.717, 1.165) is 11.1 Å². The molecule has 9 nitrogen and oxygen atoms in total. The van der Waals surface area contributed by atoms with Crippen molar-refractivity contribution in [2.45, 2.75) is 55.9 Å². The number of hydrogen-bond acceptors (Lipinski definition) is 7. The number of carbonyl (C=O) groups is 2. The summed E-state index contributed by atoms with van der Waals surface area (Å²) in [4.78, 5) is 25.9. The second-order valence-corrected chi connectivity index (χ2v) is 14.3. The molecule has 4 aromatic carbocycles. The number of carbonyl (C=O) groups excluding carboxylic acids is 2. The first-order valence-corrected chi connectivity index (χ1v) is 16.6. The van der Waals surface area contributed by atoms with Crippen LogP contribution in [-0.4, -0.2) is 49.5 Å². The highest BCUT2D eigenvalue weighted by molar-refractivity contribution is 7.89. The molecule has 0 aromatic heterocycles. The highest BCUT2D eigenvalue weighted by atomic mass is 32.2. The van der Waals surface area contributed by atoms with E-state index in [2.05, 4.69) is 5.32 Å². The second kappa shape index (κ2) is 13.9. The van der Waals surface area contributed by atoms with Gasteiger partial charge in [-0.3, -0.25) is 0 Å². The number of rotatable bonds is 11. The van der Waals surface area contributed by atoms with Gasteiger partial charge in [-0.05, 0) is 73.9 Å². The number of amides is 1. The van der Waals surface area contributed by atoms with E-state index in [1.807, 2.05) is 60.7 Å². The average molecular weight is 661 g/mol. The minimum absolute atomic E-state index is 0.00128. The summed E-state index contributed by atoms with van der Waals surface area (Å²) in [5, 5.41) is 2.58. The van der Waals surface area contributed by atoms with Crippen molar-refractivity contribution in [2.75, 3.05) is 13.1 Å². The Kier molecular flexibility index (Phi) is 9.97. The molecule has 0 saturated carbocycles. The van der Waals surface area contributed by atoms with E-state index >= 15 is 0 Å². The van der Waals surface area contributed by atoms with Crippen LogP contribution in [0.1, 0.15) is 37.5 Å². The van der Waals surface area contributed by atoms with Gasteiger partial charge >= 0.3 is 12.1 Å². The van der Waals surface area contributed by atoms with Crippen LogP contribution in [0.2, 0.25) is 0 Å². The smallest absolute Gasteiger partial charge is 0.408 e. The zero-order chi connectivity index (χ0) is 33.7. The lowest BCUT2D eigenvalue weighted by Crippen LogP contribution is -2.64. The molecule has 1 amide bonds. The summed E-state index contributed by atoms with van der Waals surface area (Å²) in [5.74, 6) is -0.685. The van der Waals surface area contributed by atoms with Crippen molar-refractivity contribution < 1.29 is 36.6 Å². The third-order valence-corrected chi connectivity index (χ3v) is 9.25. The van der Waals surface area contributed by atoms with E-state index in [-0.39, 0.29) is 31.0 Å². The maximum Gasteiger partial charge on any atom is 0.408 e. The minimum Gasteiger partial charge on any atom is -0.480 e. The molecule has 246 valence electrons. The molecule has 0 radical (unpaired) electrons. The van der Waals surface area contributed by atoms with Crippen LogP contribution in [0.15, 0.2) is 114 Å². The number of ether oxygens (including phenoxy) is 3. The highest BCUT2D eigenvalue weighted by Gasteiger charge is 2.52. The summed E-state index contributed by atoms with van der Waals surface area (Å²) in [6.45, 7) is 5.16. The summed E-state index contributed by atoms with van der Waals surface area (Å²) < 4.78 is 59.7. The fourth-order valence-corrected chi connectivity index (χ4v) is 6.77. The predicted octanol–water partition coefficient (Wildman–Crippen LogP) is 5.98. The summed E-state index contributed by atoms with van der Waals surface area (Å²) in [5.41, 5.74) is 0.267. The first-order valence-electron chi connectivity index (χ1n) is 15.1. The Morgan fingerprint density at radius 3 is 2.13 bits per heavy atom. The third kappa shape index (κ3) is 8.55. The van der Waals surface area contributed by atoms with Crippen LogP contribution in [0, 0.1) is 5.82 Å². The molecule has 11 heteroatoms. The van der Waals surface area contributed by atoms with Crippen LogP contribution in [0.25, 0.3) is 0 Å². The van der Waals surface area contributed by atoms with E-state index in [1.54, 1.807) is 32.9 Å². The molecule has 4 aromatic rings. The Labute approximate surface area is 274 Å². The number of nitrogens with one attached hydrogen (secondary N) is 1. The largest absolute Gasteiger partial charge is 0.480 e. The Morgan fingerprint density at radius 2 is 1.49 bits per heavy atom. The van der Waals surface area contributed by atoms with Crippen LogP contribution in [0.5, 0.6) is 5.75 Å². The molecule has 1 aliphatic rings. The standard InChI is InChI=1S/C36H37FN2O7S/c1-35(2,3)46-34(41)38-32(33(40)44-23-26-11-6-4-7-12-26)22-27-13-10-16-31(21-27)47(42,43)39-24-36(25-39,28-14-8-5-9-15-28)45-30-19-17-29(37)18-20-30/h4-21,32H,22-25H2,1-3H3,(H,38,41)/t32-/m0/s1. The van der Waals surface area contributed by atoms with Gasteiger partial charge in [0.05, 0.1) is 18.0 Å². The molecule has 1 atom stereocenters. The van der Waals surface area contributed by atoms with Crippen molar-refractivity contribution in [3.63, 3.8) is 0 Å². The van der Waals surface area contributed by atoms with Gasteiger partial charge in [0, 0.05) is 6.42 Å². The van der Waals surface area contributed by atoms with Gasteiger partial charge in [0.15, 0.2) is 5.60 Å². The molecule has 47 heavy (non-hydrogen) atoms. The van der Waals surface area contributed by atoms with Crippen molar-refractivity contribution in [3.8, 4) is 5.75 Å². The number of alkyl carbamates (subject to hydrolysis) is 1. The third-order valence-electron chi connectivity index (χ3n) is 7.47. The minimum atomic E-state index is -3.99. The lowest BCUT2D eigenvalue weighted by Gasteiger charge is -2.48. The predicted molar refractivity (Wildman–Crippen MR) is 173 cm³/mol. The van der Waals surface area contributed by atoms with Gasteiger partial charge in [0.25, 0.3) is 0 Å². The van der Waals surface area contributed by atoms with Gasteiger partial charge in [-0.1, -0.05) is 72.8 Å². The summed E-state index contributed by atoms with van der Waals surface area (Å²) in [6, 6.07) is 29.0. The number of halogens is 1. The van der Waals surface area contributed by atoms with Gasteiger partial charge in [0.2, 0.25) is 10.0 Å². The van der Waals surface area contributed by atoms with Crippen LogP contribution in [0.4, 0.5) is 9.18 Å². The average Bonchev–Trinajstić information content (AvgIpc) is 3.02. The lowest BCUT2D eigenvalue weighted by molar-refractivity contribution is -0.147. The molecule has 1 heterocycles. The quantitative estimate of drug-likeness (QED) is 0.197. The van der Waals surface area contributed by atoms with Gasteiger partial charge in [0.1, 0.15) is 29.8 Å². The maximum absolute atomic E-state index is 13.8. The van der Waals surface area contributed by atoms with Crippen LogP contribution in [-0.2, 0) is 42.9 Å². The number of benzene rings is 4. The zero-order valence-electron chi connectivity index (χ0n) is 26.4. The van der Waals surface area contributed by atoms with Gasteiger partial charge in [-0.25, -0.2) is 22.4 Å². The zero-order valence-corrected chi connectivity index (χ0v) is 27.2. The molecule has 1 N–H and O–H groups in total. The summed E-state index contributed by atoms with van der Waals surface area (Å²) >= 11 is 0. The topological polar surface area (TPSA) is 111 Å². The summed E-state index contributed by atoms with van der Waals surface area (Å²) in [6.07, 6.45) is -0.848. The van der Waals surface area contributed by atoms with Gasteiger partial charge in [-0.15, -0.1) is 0 Å². The van der Waals surface area contributed by atoms with Gasteiger partial charge in [-0.2, -0.15) is 4.31 Å². The fraction of sp³-hybridized carbons (Fsp3) is 0.278. The van der Waals surface area contributed by atoms with E-state index in [9.17, 15) is 22.4 Å². The van der Waals surface area contributed by atoms with Crippen molar-refractivity contribution in [1.82, 2.24) is 9.62 Å². The lowest BCUT2D eigenvalue weighted by atomic mass is 9.87. The molecule has 0 aliphatic carbocycles. The first-order chi connectivity index (χ1) is 22.3. The second-order valence-electron chi connectivity index (χ2n) is 12.3. The molecule has 1 aliphatic heterocycles. The monoisotopic (exact) mass is 660 g/mol. The van der Waals surface area contributed by atoms with E-state index in [0.29, 0.717) is 11.3 Å². The van der Waals surface area contributed by atoms with Crippen LogP contribution >= 0.6 is 0 Å². The van der Waals surface area contributed by atoms with Crippen LogP contribution in [0.3, 0.4) is 0 Å². The SMILES string of the molecule is CC(C)(C)OC(=O)N[C@@H](Cc1cccc(S(=O)(=O)N2CC(Oc3ccc(F)cc3)(c3ccccc3)C2)c1)C(=O)OCc1ccccc1. The molecule has 0 unspecified atom stereocenters. The molecule has 0 bridgehead atoms. The first kappa shape index (κ1) is 33.6. The van der Waals surface area contributed by atoms with Gasteiger partial charge < -0.3 is 19.5 Å². The van der Waals surface area contributed by atoms with Crippen molar-refractivity contribution in [1.29, 1.82) is 0 Å². The highest BCUT2D eigenvalue weighted by Crippen LogP contribution is 2.40. The Morgan fingerprint density at radius 1 is 0.872 bits per heavy atom. The molecule has 1 saturated heterocycles. The van der Waals surface area contributed by atoms with E-state index < -0.39 is 45.1 Å². The molecule has 0 spiro atoms. The van der Waals surface area contributed by atoms with Crippen LogP contribution < -0.4 is 10.1 Å². The molecular weight excluding hydrogens is 623 g/mol. The fourth-order valence-electron chi connectivity index (χ4n) is 5.16. The normalized spacial score (nSPS) is 15.1. The molecule has 5 rings (SSSR count). The van der Waals surface area contributed by atoms with Crippen molar-refractivity contribution in [3.05, 3.63) is 132 Å². The van der Waals surface area contributed by atoms with Crippen molar-refractivity contribution >= 4 is 22.1 Å². The van der Waals surface area contributed by atoms with E-state index in [1.165, 1.54) is 40.7 Å². The number of esters is 1. The molecule has 1 fully saturated rings. The molecular formula is C36H37FN2O7S.